The summed E-state index contributed by atoms with van der Waals surface area (Å²) in [6, 6.07) is -0.414. The maximum absolute atomic E-state index is 11.4. The Morgan fingerprint density at radius 2 is 1.71 bits per heavy atom. The maximum Gasteiger partial charge on any atom is 0.228 e. The third-order valence-electron chi connectivity index (χ3n) is 1.65. The number of nitrogens with zero attached hydrogens (tertiary/aromatic N) is 1. The second-order valence-electron chi connectivity index (χ2n) is 3.18. The summed E-state index contributed by atoms with van der Waals surface area (Å²) in [5.41, 5.74) is 0. The van der Waals surface area contributed by atoms with Crippen LogP contribution in [0, 0.1) is 0 Å². The first-order valence-corrected chi connectivity index (χ1v) is 8.00. The zero-order valence-electron chi connectivity index (χ0n) is 8.27. The number of rotatable bonds is 5. The molecule has 0 aromatic heterocycles. The van der Waals surface area contributed by atoms with Crippen molar-refractivity contribution in [1.29, 1.82) is 0 Å². The van der Waals surface area contributed by atoms with Crippen LogP contribution in [0.25, 0.3) is 0 Å². The highest BCUT2D eigenvalue weighted by Gasteiger charge is 2.26. The zero-order chi connectivity index (χ0) is 11.6. The van der Waals surface area contributed by atoms with Gasteiger partial charge >= 0.3 is 0 Å². The van der Waals surface area contributed by atoms with Crippen LogP contribution in [-0.4, -0.2) is 51.5 Å². The molecule has 0 saturated heterocycles. The smallest absolute Gasteiger partial charge is 0.228 e. The molecule has 0 amide bonds. The molecule has 1 unspecified atom stereocenters. The Bertz CT molecular complexity index is 375. The molecular weight excluding hydrogens is 250 g/mol. The first-order valence-electron chi connectivity index (χ1n) is 3.79. The molecule has 0 fully saturated rings. The fourth-order valence-electron chi connectivity index (χ4n) is 0.725. The van der Waals surface area contributed by atoms with Crippen molar-refractivity contribution >= 4 is 31.5 Å². The maximum atomic E-state index is 11.4. The zero-order valence-corrected chi connectivity index (χ0v) is 10.7. The van der Waals surface area contributed by atoms with E-state index in [0.29, 0.717) is 0 Å². The largest absolute Gasteiger partial charge is 0.228 e. The SMILES string of the molecule is CC(CCl)N(C)S(=O)(=O)CS(C)(=O)=O. The first-order chi connectivity index (χ1) is 6.10. The van der Waals surface area contributed by atoms with Gasteiger partial charge in [0, 0.05) is 25.2 Å². The van der Waals surface area contributed by atoms with Crippen molar-refractivity contribution in [3.05, 3.63) is 0 Å². The van der Waals surface area contributed by atoms with Gasteiger partial charge in [0.05, 0.1) is 0 Å². The van der Waals surface area contributed by atoms with E-state index in [-0.39, 0.29) is 5.88 Å². The highest BCUT2D eigenvalue weighted by atomic mass is 35.5. The van der Waals surface area contributed by atoms with E-state index in [4.69, 9.17) is 11.6 Å². The van der Waals surface area contributed by atoms with E-state index in [9.17, 15) is 16.8 Å². The Morgan fingerprint density at radius 3 is 2.00 bits per heavy atom. The minimum atomic E-state index is -3.77. The van der Waals surface area contributed by atoms with Gasteiger partial charge in [0.1, 0.15) is 0 Å². The molecule has 0 radical (unpaired) electrons. The highest BCUT2D eigenvalue weighted by molar-refractivity contribution is 8.06. The Labute approximate surface area is 90.0 Å². The third-order valence-corrected chi connectivity index (χ3v) is 6.23. The third kappa shape index (κ3) is 4.59. The molecule has 0 aliphatic rings. The van der Waals surface area contributed by atoms with Gasteiger partial charge in [-0.05, 0) is 6.92 Å². The lowest BCUT2D eigenvalue weighted by Gasteiger charge is -2.21. The van der Waals surface area contributed by atoms with Crippen LogP contribution in [0.3, 0.4) is 0 Å². The van der Waals surface area contributed by atoms with E-state index in [1.54, 1.807) is 6.92 Å². The van der Waals surface area contributed by atoms with Crippen LogP contribution in [0.1, 0.15) is 6.92 Å². The van der Waals surface area contributed by atoms with Crippen molar-refractivity contribution in [1.82, 2.24) is 4.31 Å². The molecule has 5 nitrogen and oxygen atoms in total. The summed E-state index contributed by atoms with van der Waals surface area (Å²) in [6.45, 7) is 1.60. The molecule has 8 heteroatoms. The Hall–Kier alpha value is 0.150. The van der Waals surface area contributed by atoms with Gasteiger partial charge in [0.25, 0.3) is 0 Å². The lowest BCUT2D eigenvalue weighted by atomic mass is 10.4. The van der Waals surface area contributed by atoms with Crippen molar-refractivity contribution in [2.45, 2.75) is 13.0 Å². The van der Waals surface area contributed by atoms with Gasteiger partial charge in [-0.1, -0.05) is 0 Å². The van der Waals surface area contributed by atoms with E-state index in [1.165, 1.54) is 7.05 Å². The summed E-state index contributed by atoms with van der Waals surface area (Å²) >= 11 is 5.47. The summed E-state index contributed by atoms with van der Waals surface area (Å²) in [6.07, 6.45) is 0.879. The molecule has 0 spiro atoms. The van der Waals surface area contributed by atoms with Gasteiger partial charge in [-0.25, -0.2) is 21.1 Å². The van der Waals surface area contributed by atoms with Crippen LogP contribution in [0.15, 0.2) is 0 Å². The lowest BCUT2D eigenvalue weighted by Crippen LogP contribution is -2.39. The molecule has 0 aromatic rings. The summed E-state index contributed by atoms with van der Waals surface area (Å²) in [5.74, 6) is 0.124. The summed E-state index contributed by atoms with van der Waals surface area (Å²) in [4.78, 5) is 0. The van der Waals surface area contributed by atoms with E-state index in [0.717, 1.165) is 10.6 Å². The fraction of sp³-hybridized carbons (Fsp3) is 1.00. The van der Waals surface area contributed by atoms with Gasteiger partial charge in [-0.15, -0.1) is 11.6 Å². The van der Waals surface area contributed by atoms with Crippen LogP contribution >= 0.6 is 11.6 Å². The topological polar surface area (TPSA) is 71.5 Å². The number of hydrogen-bond acceptors (Lipinski definition) is 4. The molecule has 86 valence electrons. The predicted octanol–water partition coefficient (Wildman–Crippen LogP) is -0.123. The predicted molar refractivity (Wildman–Crippen MR) is 56.6 cm³/mol. The van der Waals surface area contributed by atoms with Crippen LogP contribution in [0.2, 0.25) is 0 Å². The van der Waals surface area contributed by atoms with Crippen molar-refractivity contribution in [3.8, 4) is 0 Å². The average molecular weight is 264 g/mol. The van der Waals surface area contributed by atoms with Crippen molar-refractivity contribution in [2.24, 2.45) is 0 Å². The number of hydrogen-bond donors (Lipinski definition) is 0. The molecule has 0 bridgehead atoms. The normalized spacial score (nSPS) is 15.8. The molecule has 0 saturated carbocycles. The van der Waals surface area contributed by atoms with Crippen LogP contribution < -0.4 is 0 Å². The molecule has 1 atom stereocenters. The quantitative estimate of drug-likeness (QED) is 0.648. The summed E-state index contributed by atoms with van der Waals surface area (Å²) in [7, 11) is -6.00. The Balaban J connectivity index is 4.82. The molecule has 0 aliphatic heterocycles. The second-order valence-corrected chi connectivity index (χ2v) is 8.02. The minimum absolute atomic E-state index is 0.124. The first kappa shape index (κ1) is 14.2. The van der Waals surface area contributed by atoms with Gasteiger partial charge in [0.2, 0.25) is 10.0 Å². The van der Waals surface area contributed by atoms with Crippen LogP contribution in [0.5, 0.6) is 0 Å². The minimum Gasteiger partial charge on any atom is -0.228 e. The van der Waals surface area contributed by atoms with E-state index in [1.807, 2.05) is 0 Å². The monoisotopic (exact) mass is 263 g/mol. The van der Waals surface area contributed by atoms with Crippen molar-refractivity contribution in [2.75, 3.05) is 24.3 Å². The van der Waals surface area contributed by atoms with Crippen LogP contribution in [0.4, 0.5) is 0 Å². The van der Waals surface area contributed by atoms with Crippen molar-refractivity contribution in [3.63, 3.8) is 0 Å². The lowest BCUT2D eigenvalue weighted by molar-refractivity contribution is 0.416. The molecule has 0 aliphatic carbocycles. The number of alkyl halides is 1. The number of sulfonamides is 1. The molecule has 0 heterocycles. The molecule has 0 N–H and O–H groups in total. The van der Waals surface area contributed by atoms with Crippen molar-refractivity contribution < 1.29 is 16.8 Å². The van der Waals surface area contributed by atoms with E-state index < -0.39 is 31.0 Å². The number of sulfone groups is 1. The van der Waals surface area contributed by atoms with Gasteiger partial charge in [-0.2, -0.15) is 0 Å². The van der Waals surface area contributed by atoms with Gasteiger partial charge in [0.15, 0.2) is 14.9 Å². The van der Waals surface area contributed by atoms with Crippen LogP contribution in [-0.2, 0) is 19.9 Å². The Kier molecular flexibility index (Phi) is 4.83. The Morgan fingerprint density at radius 1 is 1.29 bits per heavy atom. The molecule has 14 heavy (non-hydrogen) atoms. The van der Waals surface area contributed by atoms with E-state index >= 15 is 0 Å². The summed E-state index contributed by atoms with van der Waals surface area (Å²) in [5, 5.41) is -0.877. The van der Waals surface area contributed by atoms with Gasteiger partial charge in [-0.3, -0.25) is 0 Å². The highest BCUT2D eigenvalue weighted by Crippen LogP contribution is 2.07. The second kappa shape index (κ2) is 4.78. The summed E-state index contributed by atoms with van der Waals surface area (Å²) < 4.78 is 45.5. The number of halogens is 1. The molecule has 0 rings (SSSR count). The molecule has 0 aromatic carbocycles. The average Bonchev–Trinajstić information content (AvgIpc) is 1.97. The molecular formula is C6H14ClNO4S2. The standard InChI is InChI=1S/C6H14ClNO4S2/c1-6(4-7)8(2)14(11,12)5-13(3,9)10/h6H,4-5H2,1-3H3. The van der Waals surface area contributed by atoms with Gasteiger partial charge < -0.3 is 0 Å². The fourth-order valence-corrected chi connectivity index (χ4v) is 4.47. The van der Waals surface area contributed by atoms with E-state index in [2.05, 4.69) is 0 Å².